The molecular formula is C16H22N2O2S. The van der Waals surface area contributed by atoms with Crippen molar-refractivity contribution in [1.29, 1.82) is 0 Å². The van der Waals surface area contributed by atoms with Crippen molar-refractivity contribution >= 4 is 24.2 Å². The first-order chi connectivity index (χ1) is 10.3. The summed E-state index contributed by atoms with van der Waals surface area (Å²) in [6.45, 7) is 5.31. The van der Waals surface area contributed by atoms with Gasteiger partial charge in [-0.2, -0.15) is 12.6 Å². The van der Waals surface area contributed by atoms with Gasteiger partial charge in [0.25, 0.3) is 0 Å². The number of carbonyl (C=O) groups is 1. The van der Waals surface area contributed by atoms with E-state index in [-0.39, 0.29) is 5.91 Å². The summed E-state index contributed by atoms with van der Waals surface area (Å²) in [6, 6.07) is 8.36. The fourth-order valence-electron chi connectivity index (χ4n) is 2.99. The maximum absolute atomic E-state index is 12.1. The number of nitrogens with zero attached hydrogens (tertiary/aromatic N) is 2. The van der Waals surface area contributed by atoms with E-state index in [9.17, 15) is 4.79 Å². The third-order valence-electron chi connectivity index (χ3n) is 4.20. The fraction of sp³-hybridized carbons (Fsp3) is 0.562. The highest BCUT2D eigenvalue weighted by atomic mass is 32.1. The molecule has 2 heterocycles. The Labute approximate surface area is 131 Å². The Morgan fingerprint density at radius 2 is 2.10 bits per heavy atom. The van der Waals surface area contributed by atoms with E-state index >= 15 is 0 Å². The van der Waals surface area contributed by atoms with Crippen molar-refractivity contribution in [3.05, 3.63) is 29.8 Å². The van der Waals surface area contributed by atoms with E-state index in [0.717, 1.165) is 50.8 Å². The van der Waals surface area contributed by atoms with Crippen LogP contribution < -0.4 is 4.90 Å². The standard InChI is InChI=1S/C16H22N2O2S/c19-16-9-14(12-21)11-18(16)15-3-1-2-13(8-15)10-17-4-6-20-7-5-17/h1-3,8,14,21H,4-7,9-12H2. The Balaban J connectivity index is 1.69. The zero-order valence-corrected chi connectivity index (χ0v) is 13.1. The zero-order valence-electron chi connectivity index (χ0n) is 12.2. The third-order valence-corrected chi connectivity index (χ3v) is 4.71. The Morgan fingerprint density at radius 3 is 2.81 bits per heavy atom. The normalized spacial score (nSPS) is 23.8. The van der Waals surface area contributed by atoms with Crippen molar-refractivity contribution in [3.63, 3.8) is 0 Å². The molecule has 1 aromatic carbocycles. The number of amides is 1. The molecule has 2 aliphatic rings. The predicted octanol–water partition coefficient (Wildman–Crippen LogP) is 1.80. The van der Waals surface area contributed by atoms with Crippen molar-refractivity contribution in [2.75, 3.05) is 43.5 Å². The molecule has 0 saturated carbocycles. The highest BCUT2D eigenvalue weighted by Crippen LogP contribution is 2.26. The molecule has 21 heavy (non-hydrogen) atoms. The molecule has 0 aliphatic carbocycles. The molecule has 5 heteroatoms. The lowest BCUT2D eigenvalue weighted by molar-refractivity contribution is -0.117. The smallest absolute Gasteiger partial charge is 0.227 e. The van der Waals surface area contributed by atoms with Crippen molar-refractivity contribution in [1.82, 2.24) is 4.90 Å². The van der Waals surface area contributed by atoms with Crippen LogP contribution in [0.15, 0.2) is 24.3 Å². The molecular weight excluding hydrogens is 284 g/mol. The summed E-state index contributed by atoms with van der Waals surface area (Å²) in [6.07, 6.45) is 0.622. The van der Waals surface area contributed by atoms with E-state index in [1.54, 1.807) is 0 Å². The minimum Gasteiger partial charge on any atom is -0.379 e. The van der Waals surface area contributed by atoms with Crippen LogP contribution in [0.2, 0.25) is 0 Å². The molecule has 0 radical (unpaired) electrons. The lowest BCUT2D eigenvalue weighted by Gasteiger charge is -2.27. The van der Waals surface area contributed by atoms with Crippen LogP contribution in [-0.4, -0.2) is 49.4 Å². The fourth-order valence-corrected chi connectivity index (χ4v) is 3.24. The molecule has 4 nitrogen and oxygen atoms in total. The van der Waals surface area contributed by atoms with E-state index in [2.05, 4.69) is 29.7 Å². The third kappa shape index (κ3) is 3.59. The van der Waals surface area contributed by atoms with Gasteiger partial charge < -0.3 is 9.64 Å². The van der Waals surface area contributed by atoms with Crippen LogP contribution >= 0.6 is 12.6 Å². The number of ether oxygens (including phenoxy) is 1. The monoisotopic (exact) mass is 306 g/mol. The van der Waals surface area contributed by atoms with Gasteiger partial charge in [0, 0.05) is 38.3 Å². The number of thiol groups is 1. The molecule has 1 unspecified atom stereocenters. The van der Waals surface area contributed by atoms with Gasteiger partial charge in [0.2, 0.25) is 5.91 Å². The number of anilines is 1. The Kier molecular flexibility index (Phi) is 4.83. The average Bonchev–Trinajstić information content (AvgIpc) is 2.90. The topological polar surface area (TPSA) is 32.8 Å². The summed E-state index contributed by atoms with van der Waals surface area (Å²) in [5, 5.41) is 0. The van der Waals surface area contributed by atoms with Crippen molar-refractivity contribution in [2.45, 2.75) is 13.0 Å². The number of benzene rings is 1. The van der Waals surface area contributed by atoms with E-state index in [4.69, 9.17) is 4.74 Å². The molecule has 2 saturated heterocycles. The molecule has 114 valence electrons. The quantitative estimate of drug-likeness (QED) is 0.861. The van der Waals surface area contributed by atoms with Gasteiger partial charge in [-0.3, -0.25) is 9.69 Å². The van der Waals surface area contributed by atoms with E-state index in [1.807, 2.05) is 17.0 Å². The van der Waals surface area contributed by atoms with Crippen LogP contribution in [0.3, 0.4) is 0 Å². The number of carbonyl (C=O) groups excluding carboxylic acids is 1. The van der Waals surface area contributed by atoms with Gasteiger partial charge in [-0.1, -0.05) is 12.1 Å². The van der Waals surface area contributed by atoms with Crippen LogP contribution in [-0.2, 0) is 16.1 Å². The van der Waals surface area contributed by atoms with Crippen LogP contribution in [0.25, 0.3) is 0 Å². The van der Waals surface area contributed by atoms with Crippen molar-refractivity contribution in [3.8, 4) is 0 Å². The lowest BCUT2D eigenvalue weighted by Crippen LogP contribution is -2.35. The Morgan fingerprint density at radius 1 is 1.29 bits per heavy atom. The van der Waals surface area contributed by atoms with Crippen LogP contribution in [0.5, 0.6) is 0 Å². The number of hydrogen-bond donors (Lipinski definition) is 1. The van der Waals surface area contributed by atoms with Crippen molar-refractivity contribution in [2.24, 2.45) is 5.92 Å². The number of hydrogen-bond acceptors (Lipinski definition) is 4. The van der Waals surface area contributed by atoms with Crippen LogP contribution in [0.4, 0.5) is 5.69 Å². The summed E-state index contributed by atoms with van der Waals surface area (Å²) >= 11 is 4.32. The van der Waals surface area contributed by atoms with Crippen molar-refractivity contribution < 1.29 is 9.53 Å². The van der Waals surface area contributed by atoms with Gasteiger partial charge in [0.15, 0.2) is 0 Å². The molecule has 2 aliphatic heterocycles. The molecule has 0 bridgehead atoms. The molecule has 1 atom stereocenters. The Bertz CT molecular complexity index is 503. The van der Waals surface area contributed by atoms with Gasteiger partial charge >= 0.3 is 0 Å². The molecule has 0 aromatic heterocycles. The average molecular weight is 306 g/mol. The maximum atomic E-state index is 12.1. The maximum Gasteiger partial charge on any atom is 0.227 e. The highest BCUT2D eigenvalue weighted by molar-refractivity contribution is 7.80. The van der Waals surface area contributed by atoms with Gasteiger partial charge in [0.1, 0.15) is 0 Å². The summed E-state index contributed by atoms with van der Waals surface area (Å²) in [7, 11) is 0. The van der Waals surface area contributed by atoms with E-state index in [1.165, 1.54) is 5.56 Å². The first-order valence-electron chi connectivity index (χ1n) is 7.56. The second-order valence-corrected chi connectivity index (χ2v) is 6.18. The second kappa shape index (κ2) is 6.81. The van der Waals surface area contributed by atoms with E-state index in [0.29, 0.717) is 12.3 Å². The van der Waals surface area contributed by atoms with Gasteiger partial charge in [-0.05, 0) is 29.4 Å². The molecule has 1 aromatic rings. The molecule has 0 spiro atoms. The largest absolute Gasteiger partial charge is 0.379 e. The van der Waals surface area contributed by atoms with E-state index < -0.39 is 0 Å². The van der Waals surface area contributed by atoms with Crippen LogP contribution in [0, 0.1) is 5.92 Å². The summed E-state index contributed by atoms with van der Waals surface area (Å²) < 4.78 is 5.38. The minimum atomic E-state index is 0.220. The number of rotatable bonds is 4. The summed E-state index contributed by atoms with van der Waals surface area (Å²) in [5.74, 6) is 1.37. The van der Waals surface area contributed by atoms with Gasteiger partial charge in [-0.15, -0.1) is 0 Å². The van der Waals surface area contributed by atoms with Gasteiger partial charge in [0.05, 0.1) is 13.2 Å². The van der Waals surface area contributed by atoms with Gasteiger partial charge in [-0.25, -0.2) is 0 Å². The predicted molar refractivity (Wildman–Crippen MR) is 86.9 cm³/mol. The highest BCUT2D eigenvalue weighted by Gasteiger charge is 2.29. The lowest BCUT2D eigenvalue weighted by atomic mass is 10.1. The van der Waals surface area contributed by atoms with Crippen LogP contribution in [0.1, 0.15) is 12.0 Å². The molecule has 3 rings (SSSR count). The summed E-state index contributed by atoms with van der Waals surface area (Å²) in [5.41, 5.74) is 2.28. The second-order valence-electron chi connectivity index (χ2n) is 5.82. The minimum absolute atomic E-state index is 0.220. The molecule has 0 N–H and O–H groups in total. The zero-order chi connectivity index (χ0) is 14.7. The first kappa shape index (κ1) is 14.9. The summed E-state index contributed by atoms with van der Waals surface area (Å²) in [4.78, 5) is 16.4. The number of morpholine rings is 1. The first-order valence-corrected chi connectivity index (χ1v) is 8.20. The SMILES string of the molecule is O=C1CC(CS)CN1c1cccc(CN2CCOCC2)c1. The molecule has 2 fully saturated rings. The Hall–Kier alpha value is -1.04. The molecule has 1 amide bonds.